The lowest BCUT2D eigenvalue weighted by molar-refractivity contribution is 0.0761. The van der Waals surface area contributed by atoms with E-state index < -0.39 is 0 Å². The van der Waals surface area contributed by atoms with Crippen molar-refractivity contribution >= 4 is 18.3 Å². The van der Waals surface area contributed by atoms with Gasteiger partial charge >= 0.3 is 0 Å². The maximum atomic E-state index is 12.5. The molecule has 0 atom stereocenters. The van der Waals surface area contributed by atoms with Gasteiger partial charge in [-0.05, 0) is 56.8 Å². The van der Waals surface area contributed by atoms with Crippen LogP contribution in [0.1, 0.15) is 35.2 Å². The standard InChI is InChI=1S/C16H22N2O.ClH/c1-13-3-2-4-14(11-13)15(19)18-10-7-16(12-18)5-8-17-9-6-16;/h2-4,11,17H,5-10,12H2,1H3;1H. The number of carbonyl (C=O) groups is 1. The summed E-state index contributed by atoms with van der Waals surface area (Å²) in [5.41, 5.74) is 2.39. The van der Waals surface area contributed by atoms with Crippen LogP contribution < -0.4 is 5.32 Å². The van der Waals surface area contributed by atoms with Crippen molar-refractivity contribution in [1.82, 2.24) is 10.2 Å². The molecular formula is C16H23ClN2O. The van der Waals surface area contributed by atoms with E-state index in [4.69, 9.17) is 0 Å². The Labute approximate surface area is 127 Å². The van der Waals surface area contributed by atoms with Crippen LogP contribution in [0.15, 0.2) is 24.3 Å². The van der Waals surface area contributed by atoms with E-state index in [0.29, 0.717) is 5.41 Å². The minimum Gasteiger partial charge on any atom is -0.338 e. The Morgan fingerprint density at radius 3 is 2.70 bits per heavy atom. The molecule has 1 N–H and O–H groups in total. The fraction of sp³-hybridized carbons (Fsp3) is 0.562. The molecule has 4 heteroatoms. The summed E-state index contributed by atoms with van der Waals surface area (Å²) in [6, 6.07) is 7.94. The molecule has 0 radical (unpaired) electrons. The number of benzene rings is 1. The molecule has 1 aromatic carbocycles. The molecule has 0 aromatic heterocycles. The van der Waals surface area contributed by atoms with E-state index in [1.807, 2.05) is 31.2 Å². The highest BCUT2D eigenvalue weighted by Gasteiger charge is 2.40. The van der Waals surface area contributed by atoms with Crippen LogP contribution >= 0.6 is 12.4 Å². The van der Waals surface area contributed by atoms with E-state index in [2.05, 4.69) is 10.2 Å². The normalized spacial score (nSPS) is 20.8. The van der Waals surface area contributed by atoms with Crippen LogP contribution in [-0.4, -0.2) is 37.0 Å². The second kappa shape index (κ2) is 6.15. The first-order valence-electron chi connectivity index (χ1n) is 7.25. The maximum absolute atomic E-state index is 12.5. The molecule has 2 saturated heterocycles. The van der Waals surface area contributed by atoms with Crippen LogP contribution in [0.5, 0.6) is 0 Å². The monoisotopic (exact) mass is 294 g/mol. The van der Waals surface area contributed by atoms with Gasteiger partial charge in [0.15, 0.2) is 0 Å². The average molecular weight is 295 g/mol. The fourth-order valence-corrected chi connectivity index (χ4v) is 3.43. The number of likely N-dealkylation sites (tertiary alicyclic amines) is 1. The van der Waals surface area contributed by atoms with Gasteiger partial charge in [0.1, 0.15) is 0 Å². The van der Waals surface area contributed by atoms with E-state index >= 15 is 0 Å². The zero-order valence-corrected chi connectivity index (χ0v) is 12.8. The van der Waals surface area contributed by atoms with Gasteiger partial charge in [-0.15, -0.1) is 12.4 Å². The van der Waals surface area contributed by atoms with Crippen molar-refractivity contribution in [2.45, 2.75) is 26.2 Å². The molecule has 0 bridgehead atoms. The first-order chi connectivity index (χ1) is 9.19. The van der Waals surface area contributed by atoms with E-state index in [0.717, 1.165) is 37.3 Å². The molecule has 2 fully saturated rings. The van der Waals surface area contributed by atoms with Crippen LogP contribution in [0, 0.1) is 12.3 Å². The van der Waals surface area contributed by atoms with Gasteiger partial charge in [0, 0.05) is 18.7 Å². The summed E-state index contributed by atoms with van der Waals surface area (Å²) in [4.78, 5) is 14.6. The molecule has 2 aliphatic rings. The molecule has 110 valence electrons. The van der Waals surface area contributed by atoms with Gasteiger partial charge < -0.3 is 10.2 Å². The summed E-state index contributed by atoms with van der Waals surface area (Å²) in [5.74, 6) is 0.208. The molecule has 20 heavy (non-hydrogen) atoms. The molecule has 0 saturated carbocycles. The van der Waals surface area contributed by atoms with Crippen LogP contribution in [0.4, 0.5) is 0 Å². The van der Waals surface area contributed by atoms with Gasteiger partial charge in [0.25, 0.3) is 5.91 Å². The van der Waals surface area contributed by atoms with Crippen molar-refractivity contribution in [1.29, 1.82) is 0 Å². The predicted molar refractivity (Wildman–Crippen MR) is 83.5 cm³/mol. The van der Waals surface area contributed by atoms with Gasteiger partial charge in [-0.1, -0.05) is 17.7 Å². The van der Waals surface area contributed by atoms with Crippen molar-refractivity contribution < 1.29 is 4.79 Å². The average Bonchev–Trinajstić information content (AvgIpc) is 2.82. The van der Waals surface area contributed by atoms with Gasteiger partial charge in [-0.3, -0.25) is 4.79 Å². The summed E-state index contributed by atoms with van der Waals surface area (Å²) in [6.07, 6.45) is 3.60. The molecule has 2 aliphatic heterocycles. The van der Waals surface area contributed by atoms with Crippen molar-refractivity contribution in [2.24, 2.45) is 5.41 Å². The third-order valence-corrected chi connectivity index (χ3v) is 4.65. The Kier molecular flexibility index (Phi) is 4.71. The van der Waals surface area contributed by atoms with Gasteiger partial charge in [0.05, 0.1) is 0 Å². The number of nitrogens with zero attached hydrogens (tertiary/aromatic N) is 1. The second-order valence-corrected chi connectivity index (χ2v) is 6.10. The number of nitrogens with one attached hydrogen (secondary N) is 1. The number of carbonyl (C=O) groups excluding carboxylic acids is 1. The molecule has 1 aromatic rings. The Bertz CT molecular complexity index is 483. The van der Waals surface area contributed by atoms with E-state index in [-0.39, 0.29) is 18.3 Å². The topological polar surface area (TPSA) is 32.3 Å². The van der Waals surface area contributed by atoms with Gasteiger partial charge in [0.2, 0.25) is 0 Å². The molecule has 1 spiro atoms. The number of halogens is 1. The number of rotatable bonds is 1. The molecule has 1 amide bonds. The summed E-state index contributed by atoms with van der Waals surface area (Å²) in [7, 11) is 0. The highest BCUT2D eigenvalue weighted by atomic mass is 35.5. The summed E-state index contributed by atoms with van der Waals surface area (Å²) >= 11 is 0. The van der Waals surface area contributed by atoms with Gasteiger partial charge in [-0.2, -0.15) is 0 Å². The van der Waals surface area contributed by atoms with Crippen LogP contribution in [0.25, 0.3) is 0 Å². The molecule has 0 aliphatic carbocycles. The minimum atomic E-state index is 0. The Balaban J connectivity index is 0.00000147. The van der Waals surface area contributed by atoms with E-state index in [1.165, 1.54) is 19.3 Å². The van der Waals surface area contributed by atoms with Crippen molar-refractivity contribution in [3.05, 3.63) is 35.4 Å². The Hall–Kier alpha value is -1.06. The first kappa shape index (κ1) is 15.3. The third kappa shape index (κ3) is 2.99. The zero-order chi connectivity index (χ0) is 13.3. The number of amides is 1. The summed E-state index contributed by atoms with van der Waals surface area (Å²) in [6.45, 7) is 6.11. The Morgan fingerprint density at radius 1 is 1.25 bits per heavy atom. The summed E-state index contributed by atoms with van der Waals surface area (Å²) < 4.78 is 0. The maximum Gasteiger partial charge on any atom is 0.253 e. The van der Waals surface area contributed by atoms with Crippen LogP contribution in [-0.2, 0) is 0 Å². The molecule has 2 heterocycles. The number of piperidine rings is 1. The van der Waals surface area contributed by atoms with Crippen LogP contribution in [0.3, 0.4) is 0 Å². The number of hydrogen-bond acceptors (Lipinski definition) is 2. The quantitative estimate of drug-likeness (QED) is 0.863. The van der Waals surface area contributed by atoms with E-state index in [9.17, 15) is 4.79 Å². The lowest BCUT2D eigenvalue weighted by atomic mass is 9.78. The molecule has 3 nitrogen and oxygen atoms in total. The van der Waals surface area contributed by atoms with E-state index in [1.54, 1.807) is 0 Å². The van der Waals surface area contributed by atoms with Crippen molar-refractivity contribution in [3.63, 3.8) is 0 Å². The molecule has 0 unspecified atom stereocenters. The lowest BCUT2D eigenvalue weighted by Gasteiger charge is -2.33. The van der Waals surface area contributed by atoms with Crippen LogP contribution in [0.2, 0.25) is 0 Å². The SMILES string of the molecule is Cc1cccc(C(=O)N2CCC3(CCNCC3)C2)c1.Cl. The number of hydrogen-bond donors (Lipinski definition) is 1. The third-order valence-electron chi connectivity index (χ3n) is 4.65. The predicted octanol–water partition coefficient (Wildman–Crippen LogP) is 2.63. The minimum absolute atomic E-state index is 0. The smallest absolute Gasteiger partial charge is 0.253 e. The lowest BCUT2D eigenvalue weighted by Crippen LogP contribution is -2.39. The zero-order valence-electron chi connectivity index (χ0n) is 12.0. The largest absolute Gasteiger partial charge is 0.338 e. The van der Waals surface area contributed by atoms with Crippen molar-refractivity contribution in [2.75, 3.05) is 26.2 Å². The van der Waals surface area contributed by atoms with Crippen molar-refractivity contribution in [3.8, 4) is 0 Å². The Morgan fingerprint density at radius 2 is 2.00 bits per heavy atom. The highest BCUT2D eigenvalue weighted by Crippen LogP contribution is 2.38. The molecular weight excluding hydrogens is 272 g/mol. The second-order valence-electron chi connectivity index (χ2n) is 6.10. The first-order valence-corrected chi connectivity index (χ1v) is 7.25. The van der Waals surface area contributed by atoms with Gasteiger partial charge in [-0.25, -0.2) is 0 Å². The highest BCUT2D eigenvalue weighted by molar-refractivity contribution is 5.94. The molecule has 3 rings (SSSR count). The number of aryl methyl sites for hydroxylation is 1. The summed E-state index contributed by atoms with van der Waals surface area (Å²) in [5, 5.41) is 3.42. The fourth-order valence-electron chi connectivity index (χ4n) is 3.43.